The standard InChI is InChI=1S/C21H37N7O/c1-2-22-21(27-12-9-18(17-27)26-13-15-29-16-14-26)23-10-6-8-20-25-24-19-7-4-3-5-11-28(19)20/h18H,2-17H2,1H3,(H,22,23). The van der Waals surface area contributed by atoms with E-state index in [2.05, 4.69) is 36.8 Å². The van der Waals surface area contributed by atoms with E-state index in [1.807, 2.05) is 0 Å². The van der Waals surface area contributed by atoms with Gasteiger partial charge in [0.25, 0.3) is 0 Å². The number of aliphatic imine (C=N–C) groups is 1. The Hall–Kier alpha value is -1.67. The van der Waals surface area contributed by atoms with Crippen LogP contribution in [0.15, 0.2) is 4.99 Å². The fourth-order valence-corrected chi connectivity index (χ4v) is 4.75. The molecule has 4 rings (SSSR count). The summed E-state index contributed by atoms with van der Waals surface area (Å²) in [6.07, 6.45) is 8.08. The number of guanidine groups is 1. The lowest BCUT2D eigenvalue weighted by atomic mass is 10.2. The van der Waals surface area contributed by atoms with E-state index < -0.39 is 0 Å². The number of aromatic nitrogens is 3. The molecule has 2 saturated heterocycles. The van der Waals surface area contributed by atoms with Crippen LogP contribution in [0.25, 0.3) is 0 Å². The quantitative estimate of drug-likeness (QED) is 0.439. The maximum atomic E-state index is 5.51. The summed E-state index contributed by atoms with van der Waals surface area (Å²) in [6.45, 7) is 11.0. The molecule has 1 aromatic heterocycles. The molecule has 8 heteroatoms. The lowest BCUT2D eigenvalue weighted by Gasteiger charge is -2.32. The summed E-state index contributed by atoms with van der Waals surface area (Å²) in [5, 5.41) is 12.4. The molecule has 0 spiro atoms. The van der Waals surface area contributed by atoms with E-state index in [1.165, 1.54) is 31.5 Å². The SMILES string of the molecule is CCNC(=NCCCc1nnc2n1CCCCC2)N1CCC(N2CCOCC2)C1. The Morgan fingerprint density at radius 3 is 2.90 bits per heavy atom. The highest BCUT2D eigenvalue weighted by molar-refractivity contribution is 5.80. The van der Waals surface area contributed by atoms with Gasteiger partial charge in [-0.15, -0.1) is 10.2 Å². The zero-order valence-corrected chi connectivity index (χ0v) is 18.0. The first-order valence-corrected chi connectivity index (χ1v) is 11.6. The molecule has 8 nitrogen and oxygen atoms in total. The third kappa shape index (κ3) is 5.28. The minimum absolute atomic E-state index is 0.634. The van der Waals surface area contributed by atoms with E-state index in [0.717, 1.165) is 90.1 Å². The minimum Gasteiger partial charge on any atom is -0.379 e. The molecule has 0 aliphatic carbocycles. The molecule has 1 atom stereocenters. The monoisotopic (exact) mass is 403 g/mol. The van der Waals surface area contributed by atoms with E-state index >= 15 is 0 Å². The first-order valence-electron chi connectivity index (χ1n) is 11.6. The van der Waals surface area contributed by atoms with Crippen molar-refractivity contribution in [2.75, 3.05) is 52.5 Å². The minimum atomic E-state index is 0.634. The molecule has 162 valence electrons. The number of ether oxygens (including phenoxy) is 1. The molecule has 3 aliphatic heterocycles. The van der Waals surface area contributed by atoms with Gasteiger partial charge in [-0.2, -0.15) is 0 Å². The first-order chi connectivity index (χ1) is 14.3. The molecule has 0 radical (unpaired) electrons. The molecule has 3 aliphatic rings. The van der Waals surface area contributed by atoms with Gasteiger partial charge in [-0.3, -0.25) is 9.89 Å². The number of morpholine rings is 1. The van der Waals surface area contributed by atoms with Crippen LogP contribution in [0.4, 0.5) is 0 Å². The number of likely N-dealkylation sites (tertiary alicyclic amines) is 1. The fraction of sp³-hybridized carbons (Fsp3) is 0.857. The van der Waals surface area contributed by atoms with Crippen molar-refractivity contribution in [3.63, 3.8) is 0 Å². The molecule has 0 saturated carbocycles. The van der Waals surface area contributed by atoms with Crippen LogP contribution in [-0.4, -0.2) is 89.0 Å². The van der Waals surface area contributed by atoms with Crippen LogP contribution in [0.5, 0.6) is 0 Å². The smallest absolute Gasteiger partial charge is 0.193 e. The predicted octanol–water partition coefficient (Wildman–Crippen LogP) is 1.31. The summed E-state index contributed by atoms with van der Waals surface area (Å²) in [4.78, 5) is 9.96. The molecule has 1 aromatic rings. The van der Waals surface area contributed by atoms with E-state index in [1.54, 1.807) is 0 Å². The van der Waals surface area contributed by atoms with Gasteiger partial charge in [-0.05, 0) is 32.6 Å². The third-order valence-corrected chi connectivity index (χ3v) is 6.37. The Bertz CT molecular complexity index is 668. The zero-order valence-electron chi connectivity index (χ0n) is 18.0. The van der Waals surface area contributed by atoms with Crippen molar-refractivity contribution in [1.29, 1.82) is 0 Å². The van der Waals surface area contributed by atoms with Crippen LogP contribution in [0.2, 0.25) is 0 Å². The van der Waals surface area contributed by atoms with Crippen molar-refractivity contribution in [2.45, 2.75) is 64.5 Å². The van der Waals surface area contributed by atoms with Crippen molar-refractivity contribution in [3.05, 3.63) is 11.6 Å². The molecule has 1 unspecified atom stereocenters. The summed E-state index contributed by atoms with van der Waals surface area (Å²) in [5.41, 5.74) is 0. The predicted molar refractivity (Wildman–Crippen MR) is 114 cm³/mol. The zero-order chi connectivity index (χ0) is 19.9. The number of nitrogens with one attached hydrogen (secondary N) is 1. The average Bonchev–Trinajstić information content (AvgIpc) is 3.32. The summed E-state index contributed by atoms with van der Waals surface area (Å²) in [7, 11) is 0. The summed E-state index contributed by atoms with van der Waals surface area (Å²) in [6, 6.07) is 0.634. The highest BCUT2D eigenvalue weighted by Gasteiger charge is 2.30. The second kappa shape index (κ2) is 10.4. The van der Waals surface area contributed by atoms with Gasteiger partial charge in [0, 0.05) is 64.7 Å². The van der Waals surface area contributed by atoms with Gasteiger partial charge in [0.15, 0.2) is 5.96 Å². The lowest BCUT2D eigenvalue weighted by molar-refractivity contribution is 0.0195. The maximum absolute atomic E-state index is 5.51. The molecular weight excluding hydrogens is 366 g/mol. The average molecular weight is 404 g/mol. The largest absolute Gasteiger partial charge is 0.379 e. The van der Waals surface area contributed by atoms with Crippen molar-refractivity contribution in [2.24, 2.45) is 4.99 Å². The van der Waals surface area contributed by atoms with Gasteiger partial charge in [-0.1, -0.05) is 6.42 Å². The van der Waals surface area contributed by atoms with Crippen molar-refractivity contribution < 1.29 is 4.74 Å². The highest BCUT2D eigenvalue weighted by Crippen LogP contribution is 2.18. The fourth-order valence-electron chi connectivity index (χ4n) is 4.75. The molecule has 2 fully saturated rings. The van der Waals surface area contributed by atoms with Gasteiger partial charge < -0.3 is 19.5 Å². The van der Waals surface area contributed by atoms with E-state index in [-0.39, 0.29) is 0 Å². The van der Waals surface area contributed by atoms with Crippen molar-refractivity contribution in [3.8, 4) is 0 Å². The van der Waals surface area contributed by atoms with Gasteiger partial charge in [0.05, 0.1) is 13.2 Å². The van der Waals surface area contributed by atoms with Crippen molar-refractivity contribution >= 4 is 5.96 Å². The first kappa shape index (κ1) is 20.6. The van der Waals surface area contributed by atoms with Gasteiger partial charge >= 0.3 is 0 Å². The number of aryl methyl sites for hydroxylation is 2. The van der Waals surface area contributed by atoms with Crippen LogP contribution < -0.4 is 5.32 Å². The molecule has 0 aromatic carbocycles. The van der Waals surface area contributed by atoms with Crippen LogP contribution >= 0.6 is 0 Å². The molecule has 0 bridgehead atoms. The topological polar surface area (TPSA) is 70.8 Å². The molecule has 4 heterocycles. The van der Waals surface area contributed by atoms with Gasteiger partial charge in [0.1, 0.15) is 11.6 Å². The van der Waals surface area contributed by atoms with Crippen LogP contribution in [-0.2, 0) is 24.1 Å². The van der Waals surface area contributed by atoms with Gasteiger partial charge in [0.2, 0.25) is 0 Å². The third-order valence-electron chi connectivity index (χ3n) is 6.37. The van der Waals surface area contributed by atoms with Crippen LogP contribution in [0.3, 0.4) is 0 Å². The Labute approximate surface area is 174 Å². The second-order valence-corrected chi connectivity index (χ2v) is 8.37. The highest BCUT2D eigenvalue weighted by atomic mass is 16.5. The Kier molecular flexibility index (Phi) is 7.38. The molecular formula is C21H37N7O. The number of hydrogen-bond acceptors (Lipinski definition) is 5. The lowest BCUT2D eigenvalue weighted by Crippen LogP contribution is -2.46. The van der Waals surface area contributed by atoms with E-state index in [0.29, 0.717) is 6.04 Å². The second-order valence-electron chi connectivity index (χ2n) is 8.37. The molecule has 1 N–H and O–H groups in total. The molecule has 29 heavy (non-hydrogen) atoms. The van der Waals surface area contributed by atoms with E-state index in [4.69, 9.17) is 9.73 Å². The summed E-state index contributed by atoms with van der Waals surface area (Å²) >= 11 is 0. The number of rotatable bonds is 6. The normalized spacial score (nSPS) is 23.8. The number of fused-ring (bicyclic) bond motifs is 1. The summed E-state index contributed by atoms with van der Waals surface area (Å²) in [5.74, 6) is 3.40. The molecule has 0 amide bonds. The number of nitrogens with zero attached hydrogens (tertiary/aromatic N) is 6. The van der Waals surface area contributed by atoms with Crippen LogP contribution in [0, 0.1) is 0 Å². The van der Waals surface area contributed by atoms with E-state index in [9.17, 15) is 0 Å². The van der Waals surface area contributed by atoms with Crippen LogP contribution in [0.1, 0.15) is 50.7 Å². The maximum Gasteiger partial charge on any atom is 0.193 e. The number of hydrogen-bond donors (Lipinski definition) is 1. The Morgan fingerprint density at radius 1 is 1.14 bits per heavy atom. The van der Waals surface area contributed by atoms with Crippen molar-refractivity contribution in [1.82, 2.24) is 29.9 Å². The summed E-state index contributed by atoms with van der Waals surface area (Å²) < 4.78 is 7.86. The van der Waals surface area contributed by atoms with Gasteiger partial charge in [-0.25, -0.2) is 0 Å². The Morgan fingerprint density at radius 2 is 2.03 bits per heavy atom. The Balaban J connectivity index is 1.28.